The van der Waals surface area contributed by atoms with Gasteiger partial charge in [-0.25, -0.2) is 4.79 Å². The molecule has 8 heteroatoms. The van der Waals surface area contributed by atoms with Gasteiger partial charge in [-0.15, -0.1) is 0 Å². The lowest BCUT2D eigenvalue weighted by atomic mass is 9.96. The molecule has 2 aromatic carbocycles. The number of ether oxygens (including phenoxy) is 1. The maximum absolute atomic E-state index is 12.7. The van der Waals surface area contributed by atoms with Crippen molar-refractivity contribution in [1.82, 2.24) is 0 Å². The zero-order valence-electron chi connectivity index (χ0n) is 15.0. The number of hydrogen-bond acceptors (Lipinski definition) is 6. The number of carboxylic acid groups (broad SMARTS) is 1. The van der Waals surface area contributed by atoms with E-state index in [-0.39, 0.29) is 22.6 Å². The molecule has 2 aromatic rings. The van der Waals surface area contributed by atoms with Crippen molar-refractivity contribution in [2.24, 2.45) is 0 Å². The lowest BCUT2D eigenvalue weighted by Crippen LogP contribution is -2.30. The molecule has 0 saturated carbocycles. The number of aliphatic hydroxyl groups is 1. The molecule has 1 heterocycles. The predicted octanol–water partition coefficient (Wildman–Crippen LogP) is 2.59. The first-order valence-corrected chi connectivity index (χ1v) is 8.24. The summed E-state index contributed by atoms with van der Waals surface area (Å²) in [6, 6.07) is 8.85. The molecular weight excluding hydrogens is 366 g/mol. The topological polar surface area (TPSA) is 124 Å². The number of phenols is 1. The van der Waals surface area contributed by atoms with Gasteiger partial charge in [-0.1, -0.05) is 6.07 Å². The SMILES string of the molecule is COc1cc([C@H]2C(C(C)=O)=C(O)C(=O)N2c2ccc(C(=O)O)cc2)ccc1O. The Morgan fingerprint density at radius 3 is 2.25 bits per heavy atom. The minimum atomic E-state index is -1.12. The van der Waals surface area contributed by atoms with Gasteiger partial charge < -0.3 is 20.1 Å². The molecule has 1 amide bonds. The van der Waals surface area contributed by atoms with Crippen LogP contribution in [0.5, 0.6) is 11.5 Å². The molecule has 8 nitrogen and oxygen atoms in total. The Morgan fingerprint density at radius 1 is 1.07 bits per heavy atom. The number of hydrogen-bond donors (Lipinski definition) is 3. The smallest absolute Gasteiger partial charge is 0.335 e. The Kier molecular flexibility index (Phi) is 4.79. The van der Waals surface area contributed by atoms with Crippen LogP contribution in [-0.4, -0.2) is 40.1 Å². The monoisotopic (exact) mass is 383 g/mol. The molecule has 0 aliphatic carbocycles. The summed E-state index contributed by atoms with van der Waals surface area (Å²) in [5.41, 5.74) is 0.664. The zero-order chi connectivity index (χ0) is 20.6. The van der Waals surface area contributed by atoms with Crippen LogP contribution in [0, 0.1) is 0 Å². The van der Waals surface area contributed by atoms with Gasteiger partial charge >= 0.3 is 5.97 Å². The molecule has 0 unspecified atom stereocenters. The fourth-order valence-electron chi connectivity index (χ4n) is 3.18. The number of Topliss-reactive ketones (excluding diaryl/α,β-unsaturated/α-hetero) is 1. The predicted molar refractivity (Wildman–Crippen MR) is 98.6 cm³/mol. The van der Waals surface area contributed by atoms with Gasteiger partial charge in [-0.05, 0) is 48.9 Å². The highest BCUT2D eigenvalue weighted by molar-refractivity contribution is 6.16. The number of aliphatic hydroxyl groups excluding tert-OH is 1. The standard InChI is InChI=1S/C20H17NO7/c1-10(22)16-17(12-5-8-14(23)15(9-12)28-2)21(19(25)18(16)24)13-6-3-11(4-7-13)20(26)27/h3-9,17,23-24H,1-2H3,(H,26,27)/t17-/m0/s1. The van der Waals surface area contributed by atoms with Crippen molar-refractivity contribution in [1.29, 1.82) is 0 Å². The number of carbonyl (C=O) groups is 3. The molecule has 28 heavy (non-hydrogen) atoms. The quantitative estimate of drug-likeness (QED) is 0.725. The highest BCUT2D eigenvalue weighted by Crippen LogP contribution is 2.42. The maximum atomic E-state index is 12.7. The van der Waals surface area contributed by atoms with Crippen LogP contribution < -0.4 is 9.64 Å². The summed E-state index contributed by atoms with van der Waals surface area (Å²) < 4.78 is 5.10. The average Bonchev–Trinajstić information content (AvgIpc) is 2.93. The third-order valence-electron chi connectivity index (χ3n) is 4.50. The molecule has 1 aliphatic rings. The number of carboxylic acids is 1. The van der Waals surface area contributed by atoms with Crippen LogP contribution in [0.25, 0.3) is 0 Å². The van der Waals surface area contributed by atoms with Crippen LogP contribution in [-0.2, 0) is 9.59 Å². The van der Waals surface area contributed by atoms with Gasteiger partial charge in [0.05, 0.1) is 24.3 Å². The Morgan fingerprint density at radius 2 is 1.71 bits per heavy atom. The maximum Gasteiger partial charge on any atom is 0.335 e. The number of aromatic hydroxyl groups is 1. The van der Waals surface area contributed by atoms with Crippen molar-refractivity contribution >= 4 is 23.3 Å². The summed E-state index contributed by atoms with van der Waals surface area (Å²) in [6.45, 7) is 1.24. The van der Waals surface area contributed by atoms with E-state index >= 15 is 0 Å². The number of carbonyl (C=O) groups excluding carboxylic acids is 2. The fraction of sp³-hybridized carbons (Fsp3) is 0.150. The summed E-state index contributed by atoms with van der Waals surface area (Å²) in [5, 5.41) is 29.2. The first kappa shape index (κ1) is 19.0. The number of aromatic carboxylic acids is 1. The minimum Gasteiger partial charge on any atom is -0.504 e. The molecule has 1 atom stereocenters. The van der Waals surface area contributed by atoms with E-state index in [0.717, 1.165) is 0 Å². The lowest BCUT2D eigenvalue weighted by molar-refractivity contribution is -0.117. The number of benzene rings is 2. The Balaban J connectivity index is 2.16. The first-order chi connectivity index (χ1) is 13.3. The van der Waals surface area contributed by atoms with Gasteiger partial charge in [-0.2, -0.15) is 0 Å². The highest BCUT2D eigenvalue weighted by atomic mass is 16.5. The van der Waals surface area contributed by atoms with Crippen LogP contribution in [0.4, 0.5) is 5.69 Å². The van der Waals surface area contributed by atoms with E-state index in [1.165, 1.54) is 61.4 Å². The van der Waals surface area contributed by atoms with E-state index in [1.54, 1.807) is 0 Å². The fourth-order valence-corrected chi connectivity index (χ4v) is 3.18. The molecule has 0 bridgehead atoms. The van der Waals surface area contributed by atoms with Crippen molar-refractivity contribution < 1.29 is 34.4 Å². The second kappa shape index (κ2) is 7.07. The molecule has 144 valence electrons. The number of phenolic OH excluding ortho intramolecular Hbond substituents is 1. The number of methoxy groups -OCH3 is 1. The summed E-state index contributed by atoms with van der Waals surface area (Å²) in [7, 11) is 1.36. The van der Waals surface area contributed by atoms with Gasteiger partial charge in [0, 0.05) is 5.69 Å². The summed E-state index contributed by atoms with van der Waals surface area (Å²) in [4.78, 5) is 37.2. The van der Waals surface area contributed by atoms with E-state index in [1.807, 2.05) is 0 Å². The molecule has 0 fully saturated rings. The normalized spacial score (nSPS) is 16.4. The average molecular weight is 383 g/mol. The molecule has 3 rings (SSSR count). The Bertz CT molecular complexity index is 1010. The van der Waals surface area contributed by atoms with E-state index in [4.69, 9.17) is 9.84 Å². The Hall–Kier alpha value is -3.81. The van der Waals surface area contributed by atoms with E-state index in [2.05, 4.69) is 0 Å². The van der Waals surface area contributed by atoms with Gasteiger partial charge in [0.2, 0.25) is 0 Å². The highest BCUT2D eigenvalue weighted by Gasteiger charge is 2.43. The molecule has 0 saturated heterocycles. The van der Waals surface area contributed by atoms with Crippen LogP contribution in [0.1, 0.15) is 28.9 Å². The summed E-state index contributed by atoms with van der Waals surface area (Å²) in [5.74, 6) is -3.06. The van der Waals surface area contributed by atoms with E-state index in [0.29, 0.717) is 11.3 Å². The van der Waals surface area contributed by atoms with Crippen molar-refractivity contribution in [2.45, 2.75) is 13.0 Å². The number of ketones is 1. The summed E-state index contributed by atoms with van der Waals surface area (Å²) >= 11 is 0. The number of rotatable bonds is 5. The van der Waals surface area contributed by atoms with Crippen molar-refractivity contribution in [3.05, 3.63) is 64.9 Å². The van der Waals surface area contributed by atoms with E-state index < -0.39 is 29.5 Å². The first-order valence-electron chi connectivity index (χ1n) is 8.24. The van der Waals surface area contributed by atoms with E-state index in [9.17, 15) is 24.6 Å². The lowest BCUT2D eigenvalue weighted by Gasteiger charge is -2.27. The van der Waals surface area contributed by atoms with Crippen molar-refractivity contribution in [3.8, 4) is 11.5 Å². The molecule has 3 N–H and O–H groups in total. The second-order valence-corrected chi connectivity index (χ2v) is 6.18. The van der Waals surface area contributed by atoms with Gasteiger partial charge in [0.25, 0.3) is 5.91 Å². The van der Waals surface area contributed by atoms with Crippen molar-refractivity contribution in [2.75, 3.05) is 12.0 Å². The van der Waals surface area contributed by atoms with Crippen LogP contribution in [0.3, 0.4) is 0 Å². The van der Waals surface area contributed by atoms with Crippen LogP contribution in [0.2, 0.25) is 0 Å². The number of nitrogens with zero attached hydrogens (tertiary/aromatic N) is 1. The van der Waals surface area contributed by atoms with Gasteiger partial charge in [-0.3, -0.25) is 14.5 Å². The van der Waals surface area contributed by atoms with Gasteiger partial charge in [0.1, 0.15) is 0 Å². The number of anilines is 1. The largest absolute Gasteiger partial charge is 0.504 e. The molecule has 1 aliphatic heterocycles. The summed E-state index contributed by atoms with van der Waals surface area (Å²) in [6.07, 6.45) is 0. The molecular formula is C20H17NO7. The third-order valence-corrected chi connectivity index (χ3v) is 4.50. The molecule has 0 aromatic heterocycles. The molecule has 0 radical (unpaired) electrons. The Labute approximate surface area is 159 Å². The van der Waals surface area contributed by atoms with Crippen molar-refractivity contribution in [3.63, 3.8) is 0 Å². The van der Waals surface area contributed by atoms with Gasteiger partial charge in [0.15, 0.2) is 23.0 Å². The second-order valence-electron chi connectivity index (χ2n) is 6.18. The minimum absolute atomic E-state index is 0.0298. The third kappa shape index (κ3) is 3.05. The van der Waals surface area contributed by atoms with Crippen LogP contribution >= 0.6 is 0 Å². The number of amides is 1. The zero-order valence-corrected chi connectivity index (χ0v) is 15.0. The molecule has 0 spiro atoms. The van der Waals surface area contributed by atoms with Crippen LogP contribution in [0.15, 0.2) is 53.8 Å².